The lowest BCUT2D eigenvalue weighted by atomic mass is 9.93. The maximum atomic E-state index is 11.1. The van der Waals surface area contributed by atoms with Gasteiger partial charge in [-0.2, -0.15) is 0 Å². The summed E-state index contributed by atoms with van der Waals surface area (Å²) in [7, 11) is 1.62. The Morgan fingerprint density at radius 1 is 1.71 bits per heavy atom. The molecule has 0 atom stereocenters. The minimum absolute atomic E-state index is 0.197. The van der Waals surface area contributed by atoms with E-state index in [-0.39, 0.29) is 18.2 Å². The average molecular weight is 241 g/mol. The number of nitrogens with two attached hydrogens (primary N) is 1. The molecule has 0 bridgehead atoms. The van der Waals surface area contributed by atoms with Crippen LogP contribution in [0.4, 0.5) is 11.6 Å². The molecule has 0 fully saturated rings. The van der Waals surface area contributed by atoms with Gasteiger partial charge in [0.05, 0.1) is 5.41 Å². The number of hydrogen-bond donors (Lipinski definition) is 2. The van der Waals surface area contributed by atoms with E-state index in [4.69, 9.17) is 5.73 Å². The first kappa shape index (κ1) is 12.9. The molecule has 0 unspecified atom stereocenters. The first-order chi connectivity index (χ1) is 7.75. The van der Waals surface area contributed by atoms with Gasteiger partial charge in [-0.15, -0.1) is 0 Å². The van der Waals surface area contributed by atoms with Gasteiger partial charge in [0.2, 0.25) is 18.1 Å². The quantitative estimate of drug-likeness (QED) is 0.566. The molecular formula is C9H15N5O3. The van der Waals surface area contributed by atoms with Gasteiger partial charge in [-0.1, -0.05) is 0 Å². The number of hydrogen-bond acceptors (Lipinski definition) is 5. The van der Waals surface area contributed by atoms with Crippen molar-refractivity contribution in [1.29, 1.82) is 0 Å². The Kier molecular flexibility index (Phi) is 3.35. The lowest BCUT2D eigenvalue weighted by molar-refractivity contribution is -0.388. The maximum absolute atomic E-state index is 11.1. The van der Waals surface area contributed by atoms with E-state index in [2.05, 4.69) is 10.3 Å². The molecule has 1 aromatic heterocycles. The molecular weight excluding hydrogens is 226 g/mol. The van der Waals surface area contributed by atoms with E-state index in [0.717, 1.165) is 0 Å². The Labute approximate surface area is 98.0 Å². The molecule has 1 amide bonds. The number of carbonyl (C=O) groups excluding carboxylic acids is 1. The summed E-state index contributed by atoms with van der Waals surface area (Å²) in [5, 5.41) is 13.5. The molecule has 0 radical (unpaired) electrons. The summed E-state index contributed by atoms with van der Waals surface area (Å²) in [6.45, 7) is 3.51. The van der Waals surface area contributed by atoms with Gasteiger partial charge in [-0.3, -0.25) is 9.36 Å². The van der Waals surface area contributed by atoms with Gasteiger partial charge in [-0.05, 0) is 23.8 Å². The van der Waals surface area contributed by atoms with Gasteiger partial charge in [-0.25, -0.2) is 0 Å². The highest BCUT2D eigenvalue weighted by molar-refractivity contribution is 5.80. The summed E-state index contributed by atoms with van der Waals surface area (Å²) in [6.07, 6.45) is 1.33. The molecule has 0 spiro atoms. The lowest BCUT2D eigenvalue weighted by Gasteiger charge is -2.20. The predicted molar refractivity (Wildman–Crippen MR) is 61.3 cm³/mol. The van der Waals surface area contributed by atoms with E-state index in [9.17, 15) is 14.9 Å². The molecule has 1 aromatic rings. The van der Waals surface area contributed by atoms with Gasteiger partial charge in [0.15, 0.2) is 0 Å². The van der Waals surface area contributed by atoms with Crippen LogP contribution in [0.1, 0.15) is 13.8 Å². The van der Waals surface area contributed by atoms with Crippen LogP contribution in [0.15, 0.2) is 6.33 Å². The molecule has 0 aliphatic rings. The second kappa shape index (κ2) is 4.40. The van der Waals surface area contributed by atoms with E-state index < -0.39 is 16.2 Å². The van der Waals surface area contributed by atoms with Gasteiger partial charge >= 0.3 is 5.82 Å². The fraction of sp³-hybridized carbons (Fsp3) is 0.556. The highest BCUT2D eigenvalue weighted by atomic mass is 16.6. The molecule has 3 N–H and O–H groups in total. The summed E-state index contributed by atoms with van der Waals surface area (Å²) in [4.78, 5) is 24.9. The Morgan fingerprint density at radius 3 is 2.76 bits per heavy atom. The first-order valence-electron chi connectivity index (χ1n) is 4.95. The largest absolute Gasteiger partial charge is 0.406 e. The van der Waals surface area contributed by atoms with Crippen LogP contribution < -0.4 is 11.1 Å². The molecule has 0 aliphatic carbocycles. The van der Waals surface area contributed by atoms with Crippen molar-refractivity contribution in [1.82, 2.24) is 9.55 Å². The highest BCUT2D eigenvalue weighted by Crippen LogP contribution is 2.23. The maximum Gasteiger partial charge on any atom is 0.406 e. The Balaban J connectivity index is 2.86. The van der Waals surface area contributed by atoms with E-state index in [1.165, 1.54) is 10.9 Å². The van der Waals surface area contributed by atoms with E-state index in [0.29, 0.717) is 0 Å². The minimum atomic E-state index is -0.794. The highest BCUT2D eigenvalue weighted by Gasteiger charge is 2.27. The number of aryl methyl sites for hydroxylation is 1. The zero-order valence-electron chi connectivity index (χ0n) is 9.93. The molecule has 8 heteroatoms. The molecule has 17 heavy (non-hydrogen) atoms. The summed E-state index contributed by atoms with van der Waals surface area (Å²) >= 11 is 0. The Bertz CT molecular complexity index is 451. The molecule has 94 valence electrons. The predicted octanol–water partition coefficient (Wildman–Crippen LogP) is 0.252. The van der Waals surface area contributed by atoms with Crippen LogP contribution >= 0.6 is 0 Å². The van der Waals surface area contributed by atoms with E-state index in [1.54, 1.807) is 20.9 Å². The number of anilines is 1. The summed E-state index contributed by atoms with van der Waals surface area (Å²) in [5.41, 5.74) is 4.42. The first-order valence-corrected chi connectivity index (χ1v) is 4.95. The van der Waals surface area contributed by atoms with Crippen molar-refractivity contribution in [2.75, 3.05) is 11.9 Å². The SMILES string of the molecule is Cn1cnc([N+](=O)[O-])c1NCC(C)(C)C(N)=O. The number of primary amides is 1. The van der Waals surface area contributed by atoms with Crippen molar-refractivity contribution < 1.29 is 9.72 Å². The Hall–Kier alpha value is -2.12. The molecule has 0 saturated carbocycles. The summed E-state index contributed by atoms with van der Waals surface area (Å²) in [6, 6.07) is 0. The number of carbonyl (C=O) groups is 1. The average Bonchev–Trinajstić information content (AvgIpc) is 2.56. The second-order valence-corrected chi connectivity index (χ2v) is 4.39. The summed E-state index contributed by atoms with van der Waals surface area (Å²) in [5.74, 6) is -0.494. The molecule has 0 saturated heterocycles. The smallest absolute Gasteiger partial charge is 0.369 e. The third-order valence-electron chi connectivity index (χ3n) is 2.46. The van der Waals surface area contributed by atoms with Gasteiger partial charge < -0.3 is 21.2 Å². The van der Waals surface area contributed by atoms with Gasteiger partial charge in [0, 0.05) is 13.6 Å². The fourth-order valence-corrected chi connectivity index (χ4v) is 1.15. The molecule has 0 aliphatic heterocycles. The van der Waals surface area contributed by atoms with Gasteiger partial charge in [0.25, 0.3) is 0 Å². The van der Waals surface area contributed by atoms with E-state index >= 15 is 0 Å². The summed E-state index contributed by atoms with van der Waals surface area (Å²) < 4.78 is 1.48. The van der Waals surface area contributed by atoms with Crippen LogP contribution in [0.5, 0.6) is 0 Å². The van der Waals surface area contributed by atoms with Crippen molar-refractivity contribution in [3.05, 3.63) is 16.4 Å². The van der Waals surface area contributed by atoms with Crippen LogP contribution in [-0.2, 0) is 11.8 Å². The molecule has 0 aromatic carbocycles. The fourth-order valence-electron chi connectivity index (χ4n) is 1.15. The van der Waals surface area contributed by atoms with Crippen molar-refractivity contribution in [2.45, 2.75) is 13.8 Å². The minimum Gasteiger partial charge on any atom is -0.369 e. The van der Waals surface area contributed by atoms with Crippen LogP contribution in [0.25, 0.3) is 0 Å². The third-order valence-corrected chi connectivity index (χ3v) is 2.46. The van der Waals surface area contributed by atoms with Crippen LogP contribution in [-0.4, -0.2) is 26.9 Å². The zero-order chi connectivity index (χ0) is 13.2. The van der Waals surface area contributed by atoms with Crippen LogP contribution in [0.2, 0.25) is 0 Å². The number of rotatable bonds is 5. The van der Waals surface area contributed by atoms with Crippen LogP contribution in [0, 0.1) is 15.5 Å². The number of aromatic nitrogens is 2. The van der Waals surface area contributed by atoms with Gasteiger partial charge in [0.1, 0.15) is 0 Å². The normalized spacial score (nSPS) is 11.2. The molecule has 8 nitrogen and oxygen atoms in total. The standard InChI is InChI=1S/C9H15N5O3/c1-9(2,8(10)15)4-11-6-7(14(16)17)12-5-13(6)3/h5,11H,4H2,1-3H3,(H2,10,15). The lowest BCUT2D eigenvalue weighted by Crippen LogP contribution is -2.37. The van der Waals surface area contributed by atoms with Crippen molar-refractivity contribution >= 4 is 17.5 Å². The second-order valence-electron chi connectivity index (χ2n) is 4.39. The number of amides is 1. The monoisotopic (exact) mass is 241 g/mol. The number of nitro groups is 1. The van der Waals surface area contributed by atoms with E-state index in [1.807, 2.05) is 0 Å². The Morgan fingerprint density at radius 2 is 2.29 bits per heavy atom. The molecule has 1 heterocycles. The number of nitrogens with zero attached hydrogens (tertiary/aromatic N) is 3. The van der Waals surface area contributed by atoms with Crippen molar-refractivity contribution in [3.8, 4) is 0 Å². The van der Waals surface area contributed by atoms with Crippen LogP contribution in [0.3, 0.4) is 0 Å². The van der Waals surface area contributed by atoms with Crippen molar-refractivity contribution in [2.24, 2.45) is 18.2 Å². The molecule has 1 rings (SSSR count). The zero-order valence-corrected chi connectivity index (χ0v) is 9.93. The number of nitrogens with one attached hydrogen (secondary N) is 1. The third kappa shape index (κ3) is 2.71. The van der Waals surface area contributed by atoms with Crippen molar-refractivity contribution in [3.63, 3.8) is 0 Å². The topological polar surface area (TPSA) is 116 Å². The number of imidazole rings is 1.